The summed E-state index contributed by atoms with van der Waals surface area (Å²) in [7, 11) is 0. The van der Waals surface area contributed by atoms with Gasteiger partial charge in [0.2, 0.25) is 11.8 Å². The summed E-state index contributed by atoms with van der Waals surface area (Å²) in [4.78, 5) is 43.6. The highest BCUT2D eigenvalue weighted by Crippen LogP contribution is 2.27. The summed E-state index contributed by atoms with van der Waals surface area (Å²) in [5.41, 5.74) is 1.42. The number of benzene rings is 2. The second-order valence-corrected chi connectivity index (χ2v) is 8.16. The summed E-state index contributed by atoms with van der Waals surface area (Å²) in [6, 6.07) is 16.3. The molecule has 0 bridgehead atoms. The van der Waals surface area contributed by atoms with Crippen molar-refractivity contribution >= 4 is 35.0 Å². The van der Waals surface area contributed by atoms with E-state index < -0.39 is 0 Å². The molecular weight excluding hydrogens is 402 g/mol. The summed E-state index contributed by atoms with van der Waals surface area (Å²) in [5, 5.41) is 0.609. The molecule has 2 saturated heterocycles. The molecule has 2 fully saturated rings. The van der Waals surface area contributed by atoms with Crippen molar-refractivity contribution in [2.24, 2.45) is 5.92 Å². The molecule has 2 heterocycles. The molecule has 0 N–H and O–H groups in total. The highest BCUT2D eigenvalue weighted by molar-refractivity contribution is 6.30. The van der Waals surface area contributed by atoms with Crippen LogP contribution < -0.4 is 4.90 Å². The first-order chi connectivity index (χ1) is 14.5. The zero-order valence-electron chi connectivity index (χ0n) is 16.7. The van der Waals surface area contributed by atoms with Gasteiger partial charge < -0.3 is 14.7 Å². The first-order valence-electron chi connectivity index (χ1n) is 10.2. The largest absolute Gasteiger partial charge is 0.341 e. The zero-order valence-corrected chi connectivity index (χ0v) is 17.4. The van der Waals surface area contributed by atoms with Crippen molar-refractivity contribution in [2.45, 2.75) is 12.8 Å². The van der Waals surface area contributed by atoms with Gasteiger partial charge in [-0.25, -0.2) is 0 Å². The Morgan fingerprint density at radius 3 is 2.27 bits per heavy atom. The fraction of sp³-hybridized carbons (Fsp3) is 0.348. The topological polar surface area (TPSA) is 60.9 Å². The van der Waals surface area contributed by atoms with Crippen molar-refractivity contribution in [3.63, 3.8) is 0 Å². The number of nitrogens with zero attached hydrogens (tertiary/aromatic N) is 3. The van der Waals surface area contributed by atoms with Gasteiger partial charge in [-0.3, -0.25) is 14.4 Å². The second-order valence-electron chi connectivity index (χ2n) is 7.72. The van der Waals surface area contributed by atoms with Crippen LogP contribution in [-0.4, -0.2) is 60.2 Å². The van der Waals surface area contributed by atoms with E-state index in [0.717, 1.165) is 12.1 Å². The lowest BCUT2D eigenvalue weighted by atomic mass is 10.1. The third-order valence-electron chi connectivity index (χ3n) is 5.73. The Labute approximate surface area is 181 Å². The Balaban J connectivity index is 1.38. The smallest absolute Gasteiger partial charge is 0.253 e. The van der Waals surface area contributed by atoms with Gasteiger partial charge in [0.1, 0.15) is 0 Å². The van der Waals surface area contributed by atoms with Crippen LogP contribution in [0.1, 0.15) is 23.2 Å². The van der Waals surface area contributed by atoms with Crippen LogP contribution in [0.3, 0.4) is 0 Å². The normalized spacial score (nSPS) is 19.7. The highest BCUT2D eigenvalue weighted by Gasteiger charge is 2.37. The Kier molecular flexibility index (Phi) is 6.04. The lowest BCUT2D eigenvalue weighted by Crippen LogP contribution is -2.40. The molecule has 2 aliphatic rings. The molecule has 0 aromatic heterocycles. The first-order valence-corrected chi connectivity index (χ1v) is 10.6. The summed E-state index contributed by atoms with van der Waals surface area (Å²) in [5.74, 6) is -0.417. The van der Waals surface area contributed by atoms with Crippen LogP contribution in [0.15, 0.2) is 54.6 Å². The minimum atomic E-state index is -0.357. The van der Waals surface area contributed by atoms with E-state index in [2.05, 4.69) is 0 Å². The van der Waals surface area contributed by atoms with Gasteiger partial charge in [-0.1, -0.05) is 29.8 Å². The SMILES string of the molecule is O=C(c1ccccc1)N1CCCN(C(=O)C2CC(=O)N(c3ccc(Cl)cc3)C2)CC1. The molecule has 30 heavy (non-hydrogen) atoms. The van der Waals surface area contributed by atoms with E-state index in [4.69, 9.17) is 11.6 Å². The third kappa shape index (κ3) is 4.33. The van der Waals surface area contributed by atoms with Gasteiger partial charge in [-0.2, -0.15) is 0 Å². The van der Waals surface area contributed by atoms with Gasteiger partial charge in [-0.05, 0) is 42.8 Å². The van der Waals surface area contributed by atoms with Crippen molar-refractivity contribution in [2.75, 3.05) is 37.6 Å². The molecule has 156 valence electrons. The monoisotopic (exact) mass is 425 g/mol. The van der Waals surface area contributed by atoms with Gasteiger partial charge in [0.15, 0.2) is 0 Å². The molecule has 3 amide bonds. The average molecular weight is 426 g/mol. The molecule has 1 atom stereocenters. The molecule has 2 aromatic carbocycles. The first kappa shape index (κ1) is 20.4. The van der Waals surface area contributed by atoms with E-state index in [1.807, 2.05) is 40.1 Å². The zero-order chi connectivity index (χ0) is 21.1. The van der Waals surface area contributed by atoms with Crippen molar-refractivity contribution in [3.05, 3.63) is 65.2 Å². The second kappa shape index (κ2) is 8.88. The van der Waals surface area contributed by atoms with Crippen LogP contribution in [0.5, 0.6) is 0 Å². The van der Waals surface area contributed by atoms with Gasteiger partial charge in [0.05, 0.1) is 5.92 Å². The number of hydrogen-bond donors (Lipinski definition) is 0. The maximum absolute atomic E-state index is 13.1. The van der Waals surface area contributed by atoms with Crippen LogP contribution in [0.4, 0.5) is 5.69 Å². The Morgan fingerprint density at radius 2 is 1.53 bits per heavy atom. The Hall–Kier alpha value is -2.86. The predicted octanol–water partition coefficient (Wildman–Crippen LogP) is 3.07. The van der Waals surface area contributed by atoms with Gasteiger partial charge in [0, 0.05) is 55.4 Å². The number of rotatable bonds is 3. The molecular formula is C23H24ClN3O3. The molecule has 2 aromatic rings. The number of carbonyl (C=O) groups is 3. The lowest BCUT2D eigenvalue weighted by Gasteiger charge is -2.24. The van der Waals surface area contributed by atoms with Crippen molar-refractivity contribution < 1.29 is 14.4 Å². The number of amides is 3. The molecule has 2 aliphatic heterocycles. The summed E-state index contributed by atoms with van der Waals surface area (Å²) in [6.45, 7) is 2.59. The minimum Gasteiger partial charge on any atom is -0.341 e. The Bertz CT molecular complexity index is 932. The molecule has 7 heteroatoms. The molecule has 6 nitrogen and oxygen atoms in total. The average Bonchev–Trinajstić information content (AvgIpc) is 2.99. The van der Waals surface area contributed by atoms with E-state index in [1.165, 1.54) is 0 Å². The van der Waals surface area contributed by atoms with Crippen LogP contribution in [0.2, 0.25) is 5.02 Å². The summed E-state index contributed by atoms with van der Waals surface area (Å²) >= 11 is 5.93. The fourth-order valence-electron chi connectivity index (χ4n) is 4.11. The highest BCUT2D eigenvalue weighted by atomic mass is 35.5. The van der Waals surface area contributed by atoms with E-state index >= 15 is 0 Å². The molecule has 4 rings (SSSR count). The molecule has 0 spiro atoms. The van der Waals surface area contributed by atoms with Crippen LogP contribution in [-0.2, 0) is 9.59 Å². The number of hydrogen-bond acceptors (Lipinski definition) is 3. The summed E-state index contributed by atoms with van der Waals surface area (Å²) < 4.78 is 0. The van der Waals surface area contributed by atoms with E-state index in [-0.39, 0.29) is 30.1 Å². The van der Waals surface area contributed by atoms with Crippen LogP contribution >= 0.6 is 11.6 Å². The van der Waals surface area contributed by atoms with Crippen LogP contribution in [0, 0.1) is 5.92 Å². The van der Waals surface area contributed by atoms with Crippen molar-refractivity contribution in [3.8, 4) is 0 Å². The van der Waals surface area contributed by atoms with E-state index in [0.29, 0.717) is 43.3 Å². The van der Waals surface area contributed by atoms with Crippen molar-refractivity contribution in [1.29, 1.82) is 0 Å². The fourth-order valence-corrected chi connectivity index (χ4v) is 4.23. The minimum absolute atomic E-state index is 0.00476. The maximum Gasteiger partial charge on any atom is 0.253 e. The molecule has 0 saturated carbocycles. The third-order valence-corrected chi connectivity index (χ3v) is 5.98. The molecule has 0 radical (unpaired) electrons. The lowest BCUT2D eigenvalue weighted by molar-refractivity contribution is -0.135. The molecule has 1 unspecified atom stereocenters. The van der Waals surface area contributed by atoms with Gasteiger partial charge in [-0.15, -0.1) is 0 Å². The number of anilines is 1. The van der Waals surface area contributed by atoms with Gasteiger partial charge >= 0.3 is 0 Å². The number of carbonyl (C=O) groups excluding carboxylic acids is 3. The van der Waals surface area contributed by atoms with Crippen LogP contribution in [0.25, 0.3) is 0 Å². The van der Waals surface area contributed by atoms with Gasteiger partial charge in [0.25, 0.3) is 5.91 Å². The predicted molar refractivity (Wildman–Crippen MR) is 115 cm³/mol. The van der Waals surface area contributed by atoms with E-state index in [1.54, 1.807) is 29.2 Å². The number of halogens is 1. The van der Waals surface area contributed by atoms with Crippen molar-refractivity contribution in [1.82, 2.24) is 9.80 Å². The maximum atomic E-state index is 13.1. The van der Waals surface area contributed by atoms with E-state index in [9.17, 15) is 14.4 Å². The quantitative estimate of drug-likeness (QED) is 0.759. The Morgan fingerprint density at radius 1 is 0.867 bits per heavy atom. The summed E-state index contributed by atoms with van der Waals surface area (Å²) in [6.07, 6.45) is 0.941. The standard InChI is InChI=1S/C23H24ClN3O3/c24-19-7-9-20(10-8-19)27-16-18(15-21(27)28)23(30)26-12-4-11-25(13-14-26)22(29)17-5-2-1-3-6-17/h1-3,5-10,18H,4,11-16H2. The molecule has 0 aliphatic carbocycles.